The second-order valence-electron chi connectivity index (χ2n) is 4.90. The zero-order valence-electron chi connectivity index (χ0n) is 11.2. The lowest BCUT2D eigenvalue weighted by molar-refractivity contribution is 0.0943. The smallest absolute Gasteiger partial charge is 0.255 e. The van der Waals surface area contributed by atoms with Gasteiger partial charge in [0.25, 0.3) is 5.91 Å². The molecule has 0 unspecified atom stereocenters. The number of hydrogen-bond acceptors (Lipinski definition) is 3. The van der Waals surface area contributed by atoms with E-state index < -0.39 is 0 Å². The Balaban J connectivity index is 0.00000161. The van der Waals surface area contributed by atoms with E-state index in [1.54, 1.807) is 12.1 Å². The highest BCUT2D eigenvalue weighted by Gasteiger charge is 2.20. The summed E-state index contributed by atoms with van der Waals surface area (Å²) in [5, 5.41) is 12.8. The topological polar surface area (TPSA) is 69.8 Å². The maximum absolute atomic E-state index is 12.9. The summed E-state index contributed by atoms with van der Waals surface area (Å²) in [6.45, 7) is 2.53. The van der Waals surface area contributed by atoms with Crippen LogP contribution in [0.25, 0.3) is 11.3 Å². The van der Waals surface area contributed by atoms with Gasteiger partial charge in [0.2, 0.25) is 0 Å². The van der Waals surface area contributed by atoms with Gasteiger partial charge in [-0.2, -0.15) is 5.10 Å². The molecule has 1 aromatic carbocycles. The van der Waals surface area contributed by atoms with Crippen molar-refractivity contribution in [1.29, 1.82) is 0 Å². The molecule has 112 valence electrons. The molecule has 21 heavy (non-hydrogen) atoms. The van der Waals surface area contributed by atoms with E-state index in [2.05, 4.69) is 20.8 Å². The SMILES string of the molecule is Cl.O=C(NCC1CNC1)c1cn[nH]c1-c1ccc(F)cc1. The maximum atomic E-state index is 12.9. The lowest BCUT2D eigenvalue weighted by Crippen LogP contribution is -2.48. The van der Waals surface area contributed by atoms with Gasteiger partial charge in [0, 0.05) is 31.1 Å². The summed E-state index contributed by atoms with van der Waals surface area (Å²) < 4.78 is 12.9. The van der Waals surface area contributed by atoms with E-state index in [1.807, 2.05) is 0 Å². The highest BCUT2D eigenvalue weighted by molar-refractivity contribution is 5.99. The van der Waals surface area contributed by atoms with Gasteiger partial charge in [-0.1, -0.05) is 0 Å². The minimum absolute atomic E-state index is 0. The van der Waals surface area contributed by atoms with E-state index in [0.717, 1.165) is 18.7 Å². The highest BCUT2D eigenvalue weighted by Crippen LogP contribution is 2.21. The van der Waals surface area contributed by atoms with Crippen LogP contribution in [-0.2, 0) is 0 Å². The van der Waals surface area contributed by atoms with Crippen molar-refractivity contribution in [1.82, 2.24) is 20.8 Å². The first kappa shape index (κ1) is 15.5. The number of aromatic amines is 1. The van der Waals surface area contributed by atoms with Crippen molar-refractivity contribution in [2.24, 2.45) is 5.92 Å². The maximum Gasteiger partial charge on any atom is 0.255 e. The summed E-state index contributed by atoms with van der Waals surface area (Å²) in [5.74, 6) is 0.0295. The van der Waals surface area contributed by atoms with Gasteiger partial charge in [0.1, 0.15) is 5.82 Å². The number of nitrogens with one attached hydrogen (secondary N) is 3. The summed E-state index contributed by atoms with van der Waals surface area (Å²) in [5.41, 5.74) is 1.82. The number of rotatable bonds is 4. The number of aromatic nitrogens is 2. The fourth-order valence-electron chi connectivity index (χ4n) is 2.12. The third-order valence-electron chi connectivity index (χ3n) is 3.43. The summed E-state index contributed by atoms with van der Waals surface area (Å²) in [6.07, 6.45) is 1.49. The normalized spacial score (nSPS) is 14.1. The van der Waals surface area contributed by atoms with Gasteiger partial charge in [-0.25, -0.2) is 4.39 Å². The fraction of sp³-hybridized carbons (Fsp3) is 0.286. The fourth-order valence-corrected chi connectivity index (χ4v) is 2.12. The van der Waals surface area contributed by atoms with Crippen LogP contribution in [-0.4, -0.2) is 35.7 Å². The molecule has 0 spiro atoms. The molecule has 7 heteroatoms. The van der Waals surface area contributed by atoms with Gasteiger partial charge in [-0.15, -0.1) is 12.4 Å². The minimum Gasteiger partial charge on any atom is -0.352 e. The van der Waals surface area contributed by atoms with Gasteiger partial charge in [0.05, 0.1) is 17.5 Å². The molecule has 2 heterocycles. The third-order valence-corrected chi connectivity index (χ3v) is 3.43. The number of nitrogens with zero attached hydrogens (tertiary/aromatic N) is 1. The Labute approximate surface area is 127 Å². The van der Waals surface area contributed by atoms with Gasteiger partial charge >= 0.3 is 0 Å². The zero-order valence-corrected chi connectivity index (χ0v) is 12.0. The van der Waals surface area contributed by atoms with Gasteiger partial charge in [-0.3, -0.25) is 9.89 Å². The number of carbonyl (C=O) groups is 1. The monoisotopic (exact) mass is 310 g/mol. The van der Waals surface area contributed by atoms with E-state index in [1.165, 1.54) is 18.3 Å². The van der Waals surface area contributed by atoms with Crippen LogP contribution in [0.1, 0.15) is 10.4 Å². The van der Waals surface area contributed by atoms with E-state index >= 15 is 0 Å². The van der Waals surface area contributed by atoms with Gasteiger partial charge in [0.15, 0.2) is 0 Å². The predicted octanol–water partition coefficient (Wildman–Crippen LogP) is 1.59. The van der Waals surface area contributed by atoms with E-state index in [9.17, 15) is 9.18 Å². The van der Waals surface area contributed by atoms with Crippen LogP contribution in [0.15, 0.2) is 30.5 Å². The van der Waals surface area contributed by atoms with Crippen LogP contribution in [0.5, 0.6) is 0 Å². The highest BCUT2D eigenvalue weighted by atomic mass is 35.5. The second kappa shape index (κ2) is 6.69. The van der Waals surface area contributed by atoms with Crippen LogP contribution in [0.2, 0.25) is 0 Å². The molecule has 0 atom stereocenters. The van der Waals surface area contributed by atoms with Gasteiger partial charge < -0.3 is 10.6 Å². The Kier molecular flexibility index (Phi) is 4.93. The molecular formula is C14H16ClFN4O. The Morgan fingerprint density at radius 1 is 1.33 bits per heavy atom. The number of benzene rings is 1. The minimum atomic E-state index is -0.309. The van der Waals surface area contributed by atoms with Crippen molar-refractivity contribution < 1.29 is 9.18 Å². The molecule has 3 N–H and O–H groups in total. The summed E-state index contributed by atoms with van der Waals surface area (Å²) in [6, 6.07) is 5.96. The number of carbonyl (C=O) groups excluding carboxylic acids is 1. The van der Waals surface area contributed by atoms with Crippen LogP contribution in [0, 0.1) is 11.7 Å². The molecule has 0 bridgehead atoms. The van der Waals surface area contributed by atoms with Crippen molar-refractivity contribution in [2.45, 2.75) is 0 Å². The number of amides is 1. The van der Waals surface area contributed by atoms with Crippen molar-refractivity contribution in [3.63, 3.8) is 0 Å². The Hall–Kier alpha value is -1.92. The molecule has 0 aliphatic carbocycles. The predicted molar refractivity (Wildman–Crippen MR) is 79.9 cm³/mol. The third kappa shape index (κ3) is 3.40. The van der Waals surface area contributed by atoms with Gasteiger partial charge in [-0.05, 0) is 24.3 Å². The first-order valence-corrected chi connectivity index (χ1v) is 6.52. The van der Waals surface area contributed by atoms with Crippen molar-refractivity contribution >= 4 is 18.3 Å². The lowest BCUT2D eigenvalue weighted by Gasteiger charge is -2.27. The van der Waals surface area contributed by atoms with Crippen molar-refractivity contribution in [2.75, 3.05) is 19.6 Å². The molecule has 1 aromatic heterocycles. The average molecular weight is 311 g/mol. The molecule has 1 fully saturated rings. The first-order chi connectivity index (χ1) is 9.74. The van der Waals surface area contributed by atoms with Crippen LogP contribution < -0.4 is 10.6 Å². The molecular weight excluding hydrogens is 295 g/mol. The number of halogens is 2. The van der Waals surface area contributed by atoms with Crippen molar-refractivity contribution in [3.05, 3.63) is 41.8 Å². The zero-order chi connectivity index (χ0) is 13.9. The quantitative estimate of drug-likeness (QED) is 0.803. The van der Waals surface area contributed by atoms with Crippen molar-refractivity contribution in [3.8, 4) is 11.3 Å². The summed E-state index contributed by atoms with van der Waals surface area (Å²) in [4.78, 5) is 12.1. The molecule has 5 nitrogen and oxygen atoms in total. The molecule has 3 rings (SSSR count). The molecule has 2 aromatic rings. The molecule has 0 radical (unpaired) electrons. The molecule has 0 saturated carbocycles. The van der Waals surface area contributed by atoms with Crippen LogP contribution >= 0.6 is 12.4 Å². The van der Waals surface area contributed by atoms with E-state index in [4.69, 9.17) is 0 Å². The lowest BCUT2D eigenvalue weighted by atomic mass is 10.0. The number of H-pyrrole nitrogens is 1. The first-order valence-electron chi connectivity index (χ1n) is 6.52. The van der Waals surface area contributed by atoms with Crippen LogP contribution in [0.3, 0.4) is 0 Å². The van der Waals surface area contributed by atoms with E-state index in [-0.39, 0.29) is 24.1 Å². The summed E-state index contributed by atoms with van der Waals surface area (Å²) >= 11 is 0. The second-order valence-corrected chi connectivity index (χ2v) is 4.90. The molecule has 1 amide bonds. The molecule has 1 aliphatic heterocycles. The Morgan fingerprint density at radius 3 is 2.67 bits per heavy atom. The average Bonchev–Trinajstić information content (AvgIpc) is 2.87. The number of hydrogen-bond donors (Lipinski definition) is 3. The Bertz CT molecular complexity index is 610. The molecule has 1 aliphatic rings. The van der Waals surface area contributed by atoms with Crippen LogP contribution in [0.4, 0.5) is 4.39 Å². The Morgan fingerprint density at radius 2 is 2.05 bits per heavy atom. The largest absolute Gasteiger partial charge is 0.352 e. The molecule has 1 saturated heterocycles. The standard InChI is InChI=1S/C14H15FN4O.ClH/c15-11-3-1-10(2-4-11)13-12(8-18-19-13)14(20)17-7-9-5-16-6-9;/h1-4,8-9,16H,5-7H2,(H,17,20)(H,18,19);1H. The summed E-state index contributed by atoms with van der Waals surface area (Å²) in [7, 11) is 0. The van der Waals surface area contributed by atoms with E-state index in [0.29, 0.717) is 23.7 Å².